The molecule has 0 fully saturated rings. The van der Waals surface area contributed by atoms with Gasteiger partial charge in [-0.05, 0) is 37.0 Å². The Morgan fingerprint density at radius 1 is 0.600 bits per heavy atom. The lowest BCUT2D eigenvalue weighted by Gasteiger charge is -2.34. The van der Waals surface area contributed by atoms with Crippen molar-refractivity contribution in [2.75, 3.05) is 14.2 Å². The van der Waals surface area contributed by atoms with Gasteiger partial charge in [0.1, 0.15) is 0 Å². The number of hydrogen-bond donors (Lipinski definition) is 0. The minimum atomic E-state index is 0.317. The molecule has 0 radical (unpaired) electrons. The molecule has 0 heterocycles. The van der Waals surface area contributed by atoms with Gasteiger partial charge in [-0.15, -0.1) is 0 Å². The SMILES string of the molecule is COC(CC(C)C)C(CCC(C)C)C(CC(C)C)OC. The minimum Gasteiger partial charge on any atom is -0.381 e. The van der Waals surface area contributed by atoms with Crippen LogP contribution in [0.15, 0.2) is 0 Å². The molecule has 2 heteroatoms. The summed E-state index contributed by atoms with van der Waals surface area (Å²) in [6.45, 7) is 13.7. The van der Waals surface area contributed by atoms with Gasteiger partial charge in [0.15, 0.2) is 0 Å². The highest BCUT2D eigenvalue weighted by atomic mass is 16.5. The summed E-state index contributed by atoms with van der Waals surface area (Å²) in [5, 5.41) is 0. The van der Waals surface area contributed by atoms with Crippen LogP contribution in [0.5, 0.6) is 0 Å². The zero-order valence-electron chi connectivity index (χ0n) is 15.1. The Bertz CT molecular complexity index is 205. The van der Waals surface area contributed by atoms with Gasteiger partial charge in [-0.25, -0.2) is 0 Å². The van der Waals surface area contributed by atoms with Crippen LogP contribution in [0.1, 0.15) is 67.2 Å². The second kappa shape index (κ2) is 10.6. The molecule has 0 rings (SSSR count). The lowest BCUT2D eigenvalue weighted by Crippen LogP contribution is -2.36. The van der Waals surface area contributed by atoms with Crippen molar-refractivity contribution in [2.45, 2.75) is 79.4 Å². The topological polar surface area (TPSA) is 18.5 Å². The molecule has 0 amide bonds. The molecule has 0 aliphatic carbocycles. The third-order valence-electron chi connectivity index (χ3n) is 4.05. The monoisotopic (exact) mass is 286 g/mol. The molecule has 0 saturated carbocycles. The maximum Gasteiger partial charge on any atom is 0.0626 e. The molecule has 0 spiro atoms. The van der Waals surface area contributed by atoms with Crippen LogP contribution in [0, 0.1) is 23.7 Å². The fourth-order valence-corrected chi connectivity index (χ4v) is 2.96. The van der Waals surface area contributed by atoms with Crippen molar-refractivity contribution in [1.29, 1.82) is 0 Å². The fraction of sp³-hybridized carbons (Fsp3) is 1.00. The van der Waals surface area contributed by atoms with Crippen molar-refractivity contribution in [3.05, 3.63) is 0 Å². The molecule has 0 aromatic heterocycles. The number of methoxy groups -OCH3 is 2. The summed E-state index contributed by atoms with van der Waals surface area (Å²) in [7, 11) is 3.72. The van der Waals surface area contributed by atoms with Crippen LogP contribution in [0.4, 0.5) is 0 Å². The van der Waals surface area contributed by atoms with Crippen LogP contribution >= 0.6 is 0 Å². The minimum absolute atomic E-state index is 0.317. The average molecular weight is 286 g/mol. The number of rotatable bonds is 11. The zero-order valence-corrected chi connectivity index (χ0v) is 15.1. The van der Waals surface area contributed by atoms with Crippen molar-refractivity contribution in [3.63, 3.8) is 0 Å². The quantitative estimate of drug-likeness (QED) is 0.522. The molecule has 0 saturated heterocycles. The van der Waals surface area contributed by atoms with Gasteiger partial charge >= 0.3 is 0 Å². The van der Waals surface area contributed by atoms with Gasteiger partial charge in [0.25, 0.3) is 0 Å². The summed E-state index contributed by atoms with van der Waals surface area (Å²) < 4.78 is 11.7. The Balaban J connectivity index is 4.89. The Hall–Kier alpha value is -0.0800. The molecule has 0 aliphatic rings. The van der Waals surface area contributed by atoms with Crippen molar-refractivity contribution in [3.8, 4) is 0 Å². The summed E-state index contributed by atoms with van der Waals surface area (Å²) >= 11 is 0. The smallest absolute Gasteiger partial charge is 0.0626 e. The van der Waals surface area contributed by atoms with E-state index in [-0.39, 0.29) is 0 Å². The first-order valence-corrected chi connectivity index (χ1v) is 8.37. The lowest BCUT2D eigenvalue weighted by atomic mass is 9.82. The summed E-state index contributed by atoms with van der Waals surface area (Å²) in [6.07, 6.45) is 5.33. The molecule has 0 aromatic carbocycles. The van der Waals surface area contributed by atoms with E-state index in [1.54, 1.807) is 0 Å². The largest absolute Gasteiger partial charge is 0.381 e. The summed E-state index contributed by atoms with van der Waals surface area (Å²) in [4.78, 5) is 0. The molecule has 20 heavy (non-hydrogen) atoms. The molecule has 0 N–H and O–H groups in total. The molecule has 2 unspecified atom stereocenters. The predicted molar refractivity (Wildman–Crippen MR) is 88.1 cm³/mol. The maximum atomic E-state index is 5.84. The molecular weight excluding hydrogens is 248 g/mol. The van der Waals surface area contributed by atoms with Crippen LogP contribution in [0.25, 0.3) is 0 Å². The first-order chi connectivity index (χ1) is 9.31. The third-order valence-corrected chi connectivity index (χ3v) is 4.05. The van der Waals surface area contributed by atoms with E-state index in [1.165, 1.54) is 12.8 Å². The van der Waals surface area contributed by atoms with Gasteiger partial charge in [0, 0.05) is 20.1 Å². The Labute approximate surface area is 127 Å². The normalized spacial score (nSPS) is 16.9. The van der Waals surface area contributed by atoms with E-state index in [0.717, 1.165) is 18.8 Å². The molecule has 2 atom stereocenters. The van der Waals surface area contributed by atoms with Crippen molar-refractivity contribution in [2.24, 2.45) is 23.7 Å². The van der Waals surface area contributed by atoms with Crippen LogP contribution in [0.3, 0.4) is 0 Å². The number of ether oxygens (including phenoxy) is 2. The molecule has 0 bridgehead atoms. The highest BCUT2D eigenvalue weighted by Gasteiger charge is 2.30. The first kappa shape index (κ1) is 19.9. The predicted octanol–water partition coefficient (Wildman–Crippen LogP) is 5.16. The Morgan fingerprint density at radius 2 is 1.00 bits per heavy atom. The number of hydrogen-bond acceptors (Lipinski definition) is 2. The highest BCUT2D eigenvalue weighted by Crippen LogP contribution is 2.30. The zero-order chi connectivity index (χ0) is 15.7. The second-order valence-corrected chi connectivity index (χ2v) is 7.44. The standard InChI is InChI=1S/C18H38O2/c1-13(2)9-10-16(17(19-7)11-14(3)4)18(20-8)12-15(5)6/h13-18H,9-12H2,1-8H3. The van der Waals surface area contributed by atoms with Crippen LogP contribution in [0.2, 0.25) is 0 Å². The van der Waals surface area contributed by atoms with E-state index in [1.807, 2.05) is 14.2 Å². The van der Waals surface area contributed by atoms with Gasteiger partial charge in [-0.2, -0.15) is 0 Å². The van der Waals surface area contributed by atoms with Crippen LogP contribution in [-0.4, -0.2) is 26.4 Å². The van der Waals surface area contributed by atoms with Gasteiger partial charge in [0.2, 0.25) is 0 Å². The fourth-order valence-electron chi connectivity index (χ4n) is 2.96. The molecular formula is C18H38O2. The van der Waals surface area contributed by atoms with Gasteiger partial charge in [0.05, 0.1) is 12.2 Å². The first-order valence-electron chi connectivity index (χ1n) is 8.37. The van der Waals surface area contributed by atoms with E-state index >= 15 is 0 Å². The van der Waals surface area contributed by atoms with E-state index in [2.05, 4.69) is 41.5 Å². The third kappa shape index (κ3) is 8.26. The average Bonchev–Trinajstić information content (AvgIpc) is 2.34. The highest BCUT2D eigenvalue weighted by molar-refractivity contribution is 4.80. The molecule has 2 nitrogen and oxygen atoms in total. The lowest BCUT2D eigenvalue weighted by molar-refractivity contribution is -0.0529. The molecule has 122 valence electrons. The summed E-state index contributed by atoms with van der Waals surface area (Å²) in [6, 6.07) is 0. The molecule has 0 aromatic rings. The summed E-state index contributed by atoms with van der Waals surface area (Å²) in [5.41, 5.74) is 0. The van der Waals surface area contributed by atoms with Crippen LogP contribution in [-0.2, 0) is 9.47 Å². The van der Waals surface area contributed by atoms with Gasteiger partial charge in [-0.3, -0.25) is 0 Å². The van der Waals surface area contributed by atoms with E-state index in [9.17, 15) is 0 Å². The Kier molecular flexibility index (Phi) is 10.6. The summed E-state index contributed by atoms with van der Waals surface area (Å²) in [5.74, 6) is 2.58. The van der Waals surface area contributed by atoms with E-state index < -0.39 is 0 Å². The second-order valence-electron chi connectivity index (χ2n) is 7.44. The van der Waals surface area contributed by atoms with Gasteiger partial charge < -0.3 is 9.47 Å². The van der Waals surface area contributed by atoms with Crippen molar-refractivity contribution >= 4 is 0 Å². The van der Waals surface area contributed by atoms with Crippen LogP contribution < -0.4 is 0 Å². The van der Waals surface area contributed by atoms with Gasteiger partial charge in [-0.1, -0.05) is 48.0 Å². The van der Waals surface area contributed by atoms with E-state index in [4.69, 9.17) is 9.47 Å². The maximum absolute atomic E-state index is 5.84. The van der Waals surface area contributed by atoms with Crippen molar-refractivity contribution in [1.82, 2.24) is 0 Å². The van der Waals surface area contributed by atoms with E-state index in [0.29, 0.717) is 30.0 Å². The van der Waals surface area contributed by atoms with Crippen molar-refractivity contribution < 1.29 is 9.47 Å². The Morgan fingerprint density at radius 3 is 1.25 bits per heavy atom. The molecule has 0 aliphatic heterocycles.